The number of likely N-dealkylation sites (N-methyl/N-ethyl adjacent to an activating group) is 1. The van der Waals surface area contributed by atoms with Crippen molar-refractivity contribution in [2.45, 2.75) is 37.8 Å². The Hall–Kier alpha value is -1.79. The first-order valence-corrected chi connectivity index (χ1v) is 9.39. The predicted molar refractivity (Wildman–Crippen MR) is 99.5 cm³/mol. The van der Waals surface area contributed by atoms with Crippen molar-refractivity contribution in [2.75, 3.05) is 40.9 Å². The van der Waals surface area contributed by atoms with Gasteiger partial charge in [-0.2, -0.15) is 0 Å². The Bertz CT molecular complexity index is 630. The molecular formula is C20H30N2O4. The molecule has 26 heavy (non-hydrogen) atoms. The van der Waals surface area contributed by atoms with Crippen LogP contribution in [0.2, 0.25) is 0 Å². The summed E-state index contributed by atoms with van der Waals surface area (Å²) in [5.74, 6) is 2.09. The van der Waals surface area contributed by atoms with E-state index in [4.69, 9.17) is 9.47 Å². The Morgan fingerprint density at radius 2 is 2.00 bits per heavy atom. The maximum absolute atomic E-state index is 12.8. The number of carbonyl (C=O) groups excluding carboxylic acids is 1. The quantitative estimate of drug-likeness (QED) is 0.805. The lowest BCUT2D eigenvalue weighted by Crippen LogP contribution is -2.42. The van der Waals surface area contributed by atoms with Gasteiger partial charge >= 0.3 is 0 Å². The summed E-state index contributed by atoms with van der Waals surface area (Å²) in [7, 11) is 5.25. The third-order valence-electron chi connectivity index (χ3n) is 5.55. The standard InChI is InChI=1S/C20H30N2O4/c1-21(12-14-9-16(23)10-14)13-20(24)22-8-4-5-17(22)15-6-7-18(25-2)19(11-15)26-3/h6-7,11,14,16-17,23H,4-5,8-10,12-13H2,1-3H3. The number of methoxy groups -OCH3 is 2. The molecule has 1 amide bonds. The van der Waals surface area contributed by atoms with Gasteiger partial charge in [0.2, 0.25) is 5.91 Å². The molecule has 6 nitrogen and oxygen atoms in total. The molecule has 1 unspecified atom stereocenters. The second kappa shape index (κ2) is 8.27. The maximum Gasteiger partial charge on any atom is 0.237 e. The van der Waals surface area contributed by atoms with Gasteiger partial charge in [-0.25, -0.2) is 0 Å². The highest BCUT2D eigenvalue weighted by atomic mass is 16.5. The highest BCUT2D eigenvalue weighted by Gasteiger charge is 2.32. The van der Waals surface area contributed by atoms with E-state index in [0.29, 0.717) is 24.0 Å². The van der Waals surface area contributed by atoms with E-state index in [1.54, 1.807) is 14.2 Å². The van der Waals surface area contributed by atoms with Crippen molar-refractivity contribution < 1.29 is 19.4 Å². The van der Waals surface area contributed by atoms with Gasteiger partial charge in [-0.3, -0.25) is 9.69 Å². The molecule has 3 rings (SSSR count). The van der Waals surface area contributed by atoms with Crippen molar-refractivity contribution >= 4 is 5.91 Å². The minimum atomic E-state index is -0.142. The molecule has 1 aliphatic carbocycles. The van der Waals surface area contributed by atoms with Crippen molar-refractivity contribution in [3.8, 4) is 11.5 Å². The van der Waals surface area contributed by atoms with Crippen molar-refractivity contribution in [1.29, 1.82) is 0 Å². The number of rotatable bonds is 7. The summed E-state index contributed by atoms with van der Waals surface area (Å²) in [6.45, 7) is 2.10. The van der Waals surface area contributed by atoms with Crippen LogP contribution in [0.1, 0.15) is 37.3 Å². The van der Waals surface area contributed by atoms with Gasteiger partial charge in [-0.15, -0.1) is 0 Å². The fourth-order valence-electron chi connectivity index (χ4n) is 4.15. The van der Waals surface area contributed by atoms with Crippen LogP contribution in [-0.2, 0) is 4.79 Å². The molecule has 1 aromatic rings. The second-order valence-electron chi connectivity index (χ2n) is 7.55. The highest BCUT2D eigenvalue weighted by Crippen LogP contribution is 2.37. The monoisotopic (exact) mass is 362 g/mol. The summed E-state index contributed by atoms with van der Waals surface area (Å²) in [6.07, 6.45) is 3.56. The van der Waals surface area contributed by atoms with Gasteiger partial charge in [0.1, 0.15) is 0 Å². The minimum absolute atomic E-state index is 0.0984. The number of hydrogen-bond donors (Lipinski definition) is 1. The second-order valence-corrected chi connectivity index (χ2v) is 7.55. The smallest absolute Gasteiger partial charge is 0.237 e. The lowest BCUT2D eigenvalue weighted by molar-refractivity contribution is -0.133. The number of carbonyl (C=O) groups is 1. The number of hydrogen-bond acceptors (Lipinski definition) is 5. The van der Waals surface area contributed by atoms with Crippen LogP contribution in [-0.4, -0.2) is 67.8 Å². The summed E-state index contributed by atoms with van der Waals surface area (Å²) in [4.78, 5) is 16.9. The Kier molecular flexibility index (Phi) is 6.04. The van der Waals surface area contributed by atoms with Crippen LogP contribution in [0.3, 0.4) is 0 Å². The first-order valence-electron chi connectivity index (χ1n) is 9.39. The van der Waals surface area contributed by atoms with E-state index >= 15 is 0 Å². The molecule has 144 valence electrons. The largest absolute Gasteiger partial charge is 0.493 e. The molecule has 1 N–H and O–H groups in total. The fraction of sp³-hybridized carbons (Fsp3) is 0.650. The highest BCUT2D eigenvalue weighted by molar-refractivity contribution is 5.79. The van der Waals surface area contributed by atoms with E-state index in [0.717, 1.165) is 44.3 Å². The van der Waals surface area contributed by atoms with Crippen molar-refractivity contribution in [1.82, 2.24) is 9.80 Å². The first kappa shape index (κ1) is 19.0. The van der Waals surface area contributed by atoms with E-state index in [-0.39, 0.29) is 18.1 Å². The topological polar surface area (TPSA) is 62.2 Å². The number of benzene rings is 1. The lowest BCUT2D eigenvalue weighted by atomic mass is 9.82. The van der Waals surface area contributed by atoms with Gasteiger partial charge in [-0.05, 0) is 56.3 Å². The van der Waals surface area contributed by atoms with Gasteiger partial charge in [0.25, 0.3) is 0 Å². The lowest BCUT2D eigenvalue weighted by Gasteiger charge is -2.35. The average molecular weight is 362 g/mol. The van der Waals surface area contributed by atoms with Gasteiger partial charge in [0.15, 0.2) is 11.5 Å². The number of aliphatic hydroxyl groups excluding tert-OH is 1. The van der Waals surface area contributed by atoms with E-state index < -0.39 is 0 Å². The summed E-state index contributed by atoms with van der Waals surface area (Å²) >= 11 is 0. The van der Waals surface area contributed by atoms with Crippen LogP contribution >= 0.6 is 0 Å². The summed E-state index contributed by atoms with van der Waals surface area (Å²) in [5, 5.41) is 9.41. The molecule has 2 fully saturated rings. The maximum atomic E-state index is 12.8. The SMILES string of the molecule is COc1ccc(C2CCCN2C(=O)CN(C)CC2CC(O)C2)cc1OC. The third kappa shape index (κ3) is 4.13. The van der Waals surface area contributed by atoms with E-state index in [1.165, 1.54) is 0 Å². The molecule has 1 aromatic carbocycles. The molecule has 1 saturated carbocycles. The molecule has 0 bridgehead atoms. The average Bonchev–Trinajstić information content (AvgIpc) is 3.09. The minimum Gasteiger partial charge on any atom is -0.493 e. The molecule has 1 atom stereocenters. The third-order valence-corrected chi connectivity index (χ3v) is 5.55. The zero-order valence-electron chi connectivity index (χ0n) is 16.0. The van der Waals surface area contributed by atoms with Crippen LogP contribution in [0.25, 0.3) is 0 Å². The van der Waals surface area contributed by atoms with E-state index in [2.05, 4.69) is 4.90 Å². The van der Waals surface area contributed by atoms with Gasteiger partial charge in [0.05, 0.1) is 32.9 Å². The molecular weight excluding hydrogens is 332 g/mol. The molecule has 0 aromatic heterocycles. The Morgan fingerprint density at radius 3 is 2.65 bits per heavy atom. The molecule has 0 radical (unpaired) electrons. The number of aliphatic hydroxyl groups is 1. The summed E-state index contributed by atoms with van der Waals surface area (Å²) in [6, 6.07) is 6.01. The van der Waals surface area contributed by atoms with Crippen LogP contribution in [0, 0.1) is 5.92 Å². The zero-order chi connectivity index (χ0) is 18.7. The Labute approximate surface area is 155 Å². The van der Waals surface area contributed by atoms with E-state index in [9.17, 15) is 9.90 Å². The van der Waals surface area contributed by atoms with Gasteiger partial charge in [-0.1, -0.05) is 6.07 Å². The van der Waals surface area contributed by atoms with Crippen LogP contribution < -0.4 is 9.47 Å². The number of nitrogens with zero attached hydrogens (tertiary/aromatic N) is 2. The normalized spacial score (nSPS) is 25.3. The first-order chi connectivity index (χ1) is 12.5. The van der Waals surface area contributed by atoms with E-state index in [1.807, 2.05) is 30.1 Å². The van der Waals surface area contributed by atoms with Crippen molar-refractivity contribution in [3.63, 3.8) is 0 Å². The van der Waals surface area contributed by atoms with Crippen LogP contribution in [0.4, 0.5) is 0 Å². The zero-order valence-corrected chi connectivity index (χ0v) is 16.0. The van der Waals surface area contributed by atoms with Crippen LogP contribution in [0.15, 0.2) is 18.2 Å². The summed E-state index contributed by atoms with van der Waals surface area (Å²) in [5.41, 5.74) is 1.10. The van der Waals surface area contributed by atoms with Crippen molar-refractivity contribution in [3.05, 3.63) is 23.8 Å². The Morgan fingerprint density at radius 1 is 1.27 bits per heavy atom. The summed E-state index contributed by atoms with van der Waals surface area (Å²) < 4.78 is 10.7. The molecule has 0 spiro atoms. The number of ether oxygens (including phenoxy) is 2. The van der Waals surface area contributed by atoms with Gasteiger partial charge < -0.3 is 19.5 Å². The van der Waals surface area contributed by atoms with Crippen LogP contribution in [0.5, 0.6) is 11.5 Å². The number of likely N-dealkylation sites (tertiary alicyclic amines) is 1. The number of amides is 1. The Balaban J connectivity index is 1.63. The predicted octanol–water partition coefficient (Wildman–Crippen LogP) is 2.07. The van der Waals surface area contributed by atoms with Gasteiger partial charge in [0, 0.05) is 13.1 Å². The molecule has 1 saturated heterocycles. The molecule has 6 heteroatoms. The van der Waals surface area contributed by atoms with Crippen molar-refractivity contribution in [2.24, 2.45) is 5.92 Å². The molecule has 1 aliphatic heterocycles. The molecule has 1 heterocycles. The fourth-order valence-corrected chi connectivity index (χ4v) is 4.15. The molecule has 2 aliphatic rings.